The van der Waals surface area contributed by atoms with E-state index in [4.69, 9.17) is 21.1 Å². The number of aromatic nitrogens is 3. The summed E-state index contributed by atoms with van der Waals surface area (Å²) >= 11 is 6.28. The Morgan fingerprint density at radius 2 is 1.84 bits per heavy atom. The molecule has 0 bridgehead atoms. The van der Waals surface area contributed by atoms with E-state index in [1.807, 2.05) is 16.7 Å². The minimum Gasteiger partial charge on any atom is -0.490 e. The molecule has 1 aromatic heterocycles. The van der Waals surface area contributed by atoms with Gasteiger partial charge in [-0.15, -0.1) is 10.2 Å². The first-order valence-corrected chi connectivity index (χ1v) is 12.7. The van der Waals surface area contributed by atoms with Gasteiger partial charge in [0.2, 0.25) is 0 Å². The number of ether oxygens (including phenoxy) is 2. The standard InChI is InChI=1S/C27H26ClF3N4O3/c1-16(2)37-26(36)34-14-18-12-20(28)8-11-23(18)35-24(15-34)32-33-25(35)17-6-9-21(10-7-17)38-22-5-3-4-19(13-22)27(29,30)31/h3-5,8,11-13,17,21H,1,6-7,9-10,14-15H2,2H3. The molecule has 1 saturated carbocycles. The van der Waals surface area contributed by atoms with E-state index in [2.05, 4.69) is 16.8 Å². The number of fused-ring (bicyclic) bond motifs is 3. The Kier molecular flexibility index (Phi) is 7.09. The third-order valence-electron chi connectivity index (χ3n) is 6.75. The number of amides is 1. The number of nitrogens with zero attached hydrogens (tertiary/aromatic N) is 4. The maximum Gasteiger partial charge on any atom is 0.416 e. The summed E-state index contributed by atoms with van der Waals surface area (Å²) in [5, 5.41) is 9.46. The summed E-state index contributed by atoms with van der Waals surface area (Å²) in [6.45, 7) is 5.72. The van der Waals surface area contributed by atoms with E-state index in [1.54, 1.807) is 19.1 Å². The molecule has 0 saturated heterocycles. The number of allylic oxidation sites excluding steroid dienone is 1. The van der Waals surface area contributed by atoms with E-state index in [0.717, 1.165) is 42.0 Å². The molecule has 0 radical (unpaired) electrons. The zero-order valence-electron chi connectivity index (χ0n) is 20.7. The van der Waals surface area contributed by atoms with Gasteiger partial charge in [-0.1, -0.05) is 24.2 Å². The van der Waals surface area contributed by atoms with Gasteiger partial charge < -0.3 is 9.47 Å². The normalized spacial score (nSPS) is 19.2. The molecule has 2 aliphatic rings. The van der Waals surface area contributed by atoms with Crippen LogP contribution in [0.4, 0.5) is 18.0 Å². The largest absolute Gasteiger partial charge is 0.490 e. The second-order valence-electron chi connectivity index (χ2n) is 9.63. The first-order valence-electron chi connectivity index (χ1n) is 12.3. The number of carbonyl (C=O) groups excluding carboxylic acids is 1. The topological polar surface area (TPSA) is 69.5 Å². The summed E-state index contributed by atoms with van der Waals surface area (Å²) in [5.74, 6) is 1.94. The molecule has 2 heterocycles. The first-order chi connectivity index (χ1) is 18.1. The van der Waals surface area contributed by atoms with Gasteiger partial charge in [0.25, 0.3) is 0 Å². The minimum absolute atomic E-state index is 0.0649. The molecular formula is C27H26ClF3N4O3. The lowest BCUT2D eigenvalue weighted by molar-refractivity contribution is -0.137. The number of carbonyl (C=O) groups is 1. The van der Waals surface area contributed by atoms with Crippen LogP contribution in [0.5, 0.6) is 5.75 Å². The zero-order valence-corrected chi connectivity index (χ0v) is 21.4. The molecule has 1 aliphatic heterocycles. The Balaban J connectivity index is 1.35. The lowest BCUT2D eigenvalue weighted by Crippen LogP contribution is -2.30. The molecule has 7 nitrogen and oxygen atoms in total. The summed E-state index contributed by atoms with van der Waals surface area (Å²) in [6.07, 6.45) is -2.37. The van der Waals surface area contributed by atoms with Crippen LogP contribution in [0.2, 0.25) is 5.02 Å². The summed E-state index contributed by atoms with van der Waals surface area (Å²) in [4.78, 5) is 14.2. The Morgan fingerprint density at radius 1 is 1.08 bits per heavy atom. The van der Waals surface area contributed by atoms with Crippen molar-refractivity contribution >= 4 is 17.7 Å². The van der Waals surface area contributed by atoms with Crippen molar-refractivity contribution in [3.8, 4) is 11.4 Å². The first kappa shape index (κ1) is 26.1. The van der Waals surface area contributed by atoms with Gasteiger partial charge in [0.1, 0.15) is 11.6 Å². The maximum absolute atomic E-state index is 13.1. The van der Waals surface area contributed by atoms with E-state index in [9.17, 15) is 18.0 Å². The molecule has 1 aliphatic carbocycles. The minimum atomic E-state index is -4.42. The monoisotopic (exact) mass is 546 g/mol. The van der Waals surface area contributed by atoms with Crippen molar-refractivity contribution in [2.45, 2.75) is 63.9 Å². The van der Waals surface area contributed by atoms with E-state index in [0.29, 0.717) is 23.7 Å². The molecule has 0 unspecified atom stereocenters. The van der Waals surface area contributed by atoms with Gasteiger partial charge in [-0.05, 0) is 74.6 Å². The molecular weight excluding hydrogens is 521 g/mol. The fourth-order valence-electron chi connectivity index (χ4n) is 5.01. The van der Waals surface area contributed by atoms with Crippen molar-refractivity contribution in [3.63, 3.8) is 0 Å². The number of rotatable bonds is 4. The Morgan fingerprint density at radius 3 is 2.55 bits per heavy atom. The highest BCUT2D eigenvalue weighted by Gasteiger charge is 2.34. The maximum atomic E-state index is 13.1. The van der Waals surface area contributed by atoms with Gasteiger partial charge >= 0.3 is 12.3 Å². The van der Waals surface area contributed by atoms with Crippen LogP contribution in [0.3, 0.4) is 0 Å². The van der Waals surface area contributed by atoms with Gasteiger partial charge in [0, 0.05) is 10.9 Å². The molecule has 1 fully saturated rings. The van der Waals surface area contributed by atoms with E-state index >= 15 is 0 Å². The van der Waals surface area contributed by atoms with Gasteiger partial charge in [-0.2, -0.15) is 13.2 Å². The number of hydrogen-bond donors (Lipinski definition) is 0. The smallest absolute Gasteiger partial charge is 0.416 e. The molecule has 3 aromatic rings. The lowest BCUT2D eigenvalue weighted by Gasteiger charge is -2.29. The van der Waals surface area contributed by atoms with Crippen molar-refractivity contribution in [1.29, 1.82) is 0 Å². The molecule has 1 amide bonds. The molecule has 38 heavy (non-hydrogen) atoms. The van der Waals surface area contributed by atoms with Gasteiger partial charge in [0.05, 0.1) is 36.2 Å². The molecule has 0 N–H and O–H groups in total. The fourth-order valence-corrected chi connectivity index (χ4v) is 5.21. The Bertz CT molecular complexity index is 1370. The van der Waals surface area contributed by atoms with E-state index in [1.165, 1.54) is 11.0 Å². The van der Waals surface area contributed by atoms with Crippen LogP contribution in [0, 0.1) is 0 Å². The van der Waals surface area contributed by atoms with E-state index < -0.39 is 17.8 Å². The predicted molar refractivity (Wildman–Crippen MR) is 134 cm³/mol. The molecule has 0 spiro atoms. The molecule has 0 atom stereocenters. The number of alkyl halides is 3. The van der Waals surface area contributed by atoms with Crippen LogP contribution in [0.25, 0.3) is 5.69 Å². The SMILES string of the molecule is C=C(C)OC(=O)N1Cc2cc(Cl)ccc2-n2c(nnc2C2CCC(Oc3cccc(C(F)(F)F)c3)CC2)C1. The summed E-state index contributed by atoms with van der Waals surface area (Å²) in [7, 11) is 0. The van der Waals surface area contributed by atoms with Gasteiger partial charge in [0.15, 0.2) is 5.82 Å². The molecule has 11 heteroatoms. The molecule has 5 rings (SSSR count). The Labute approximate surface area is 222 Å². The summed E-state index contributed by atoms with van der Waals surface area (Å²) in [6, 6.07) is 10.5. The van der Waals surface area contributed by atoms with Gasteiger partial charge in [-0.25, -0.2) is 4.79 Å². The highest BCUT2D eigenvalue weighted by Crippen LogP contribution is 2.38. The van der Waals surface area contributed by atoms with Crippen molar-refractivity contribution in [1.82, 2.24) is 19.7 Å². The highest BCUT2D eigenvalue weighted by molar-refractivity contribution is 6.30. The van der Waals surface area contributed by atoms with Crippen LogP contribution in [0.1, 0.15) is 61.3 Å². The summed E-state index contributed by atoms with van der Waals surface area (Å²) in [5.41, 5.74) is 0.949. The number of benzene rings is 2. The average Bonchev–Trinajstić information content (AvgIpc) is 3.19. The highest BCUT2D eigenvalue weighted by atomic mass is 35.5. The third kappa shape index (κ3) is 5.50. The van der Waals surface area contributed by atoms with Crippen LogP contribution in [-0.4, -0.2) is 31.9 Å². The van der Waals surface area contributed by atoms with Crippen molar-refractivity contribution in [3.05, 3.63) is 82.6 Å². The fraction of sp³-hybridized carbons (Fsp3) is 0.370. The second-order valence-corrected chi connectivity index (χ2v) is 10.1. The molecule has 200 valence electrons. The summed E-state index contributed by atoms with van der Waals surface area (Å²) < 4.78 is 52.3. The van der Waals surface area contributed by atoms with Gasteiger partial charge in [-0.3, -0.25) is 9.47 Å². The average molecular weight is 547 g/mol. The van der Waals surface area contributed by atoms with Crippen LogP contribution in [-0.2, 0) is 24.0 Å². The second kappa shape index (κ2) is 10.3. The quantitative estimate of drug-likeness (QED) is 0.329. The van der Waals surface area contributed by atoms with Crippen molar-refractivity contribution < 1.29 is 27.4 Å². The van der Waals surface area contributed by atoms with E-state index in [-0.39, 0.29) is 36.6 Å². The zero-order chi connectivity index (χ0) is 27.0. The van der Waals surface area contributed by atoms with Crippen LogP contribution in [0.15, 0.2) is 54.8 Å². The van der Waals surface area contributed by atoms with Crippen LogP contribution < -0.4 is 4.74 Å². The lowest BCUT2D eigenvalue weighted by atomic mass is 9.86. The number of halogens is 4. The molecule has 2 aromatic carbocycles. The Hall–Kier alpha value is -3.53. The van der Waals surface area contributed by atoms with Crippen molar-refractivity contribution in [2.24, 2.45) is 0 Å². The number of hydrogen-bond acceptors (Lipinski definition) is 5. The predicted octanol–water partition coefficient (Wildman–Crippen LogP) is 7.03. The van der Waals surface area contributed by atoms with Crippen LogP contribution >= 0.6 is 11.6 Å². The van der Waals surface area contributed by atoms with Crippen molar-refractivity contribution in [2.75, 3.05) is 0 Å². The third-order valence-corrected chi connectivity index (χ3v) is 6.99.